The highest BCUT2D eigenvalue weighted by molar-refractivity contribution is 8.00. The average Bonchev–Trinajstić information content (AvgIpc) is 3.13. The van der Waals surface area contributed by atoms with Gasteiger partial charge in [0.05, 0.1) is 5.25 Å². The molecular weight excluding hydrogens is 304 g/mol. The Morgan fingerprint density at radius 2 is 2.27 bits per heavy atom. The largest absolute Gasteiger partial charge is 0.454 e. The van der Waals surface area contributed by atoms with Gasteiger partial charge in [-0.3, -0.25) is 4.79 Å². The van der Waals surface area contributed by atoms with Gasteiger partial charge in [0.1, 0.15) is 6.33 Å². The fraction of sp³-hybridized carbons (Fsp3) is 0.357. The fourth-order valence-corrected chi connectivity index (χ4v) is 2.79. The third-order valence-corrected chi connectivity index (χ3v) is 4.37. The lowest BCUT2D eigenvalue weighted by Gasteiger charge is -2.11. The first-order valence-electron chi connectivity index (χ1n) is 6.80. The van der Waals surface area contributed by atoms with Crippen LogP contribution < -0.4 is 14.8 Å². The van der Waals surface area contributed by atoms with E-state index < -0.39 is 0 Å². The van der Waals surface area contributed by atoms with Crippen LogP contribution in [0.25, 0.3) is 0 Å². The first-order chi connectivity index (χ1) is 10.6. The van der Waals surface area contributed by atoms with Crippen molar-refractivity contribution >= 4 is 17.7 Å². The van der Waals surface area contributed by atoms with E-state index in [-0.39, 0.29) is 18.0 Å². The summed E-state index contributed by atoms with van der Waals surface area (Å²) >= 11 is 1.37. The van der Waals surface area contributed by atoms with Gasteiger partial charge in [-0.25, -0.2) is 0 Å². The second-order valence-electron chi connectivity index (χ2n) is 4.89. The molecule has 0 spiro atoms. The molecule has 0 aliphatic carbocycles. The molecule has 1 aromatic heterocycles. The summed E-state index contributed by atoms with van der Waals surface area (Å²) in [5, 5.41) is 11.1. The van der Waals surface area contributed by atoms with E-state index in [1.807, 2.05) is 32.2 Å². The number of nitrogens with zero attached hydrogens (tertiary/aromatic N) is 3. The lowest BCUT2D eigenvalue weighted by atomic mass is 10.2. The van der Waals surface area contributed by atoms with Gasteiger partial charge in [0, 0.05) is 13.6 Å². The molecule has 0 unspecified atom stereocenters. The van der Waals surface area contributed by atoms with Crippen molar-refractivity contribution < 1.29 is 14.3 Å². The highest BCUT2D eigenvalue weighted by Gasteiger charge is 2.18. The number of ether oxygens (including phenoxy) is 2. The number of carbonyl (C=O) groups excluding carboxylic acids is 1. The molecule has 2 aromatic rings. The van der Waals surface area contributed by atoms with E-state index in [0.29, 0.717) is 17.5 Å². The molecule has 2 heterocycles. The first kappa shape index (κ1) is 14.7. The molecule has 0 bridgehead atoms. The zero-order valence-electron chi connectivity index (χ0n) is 12.3. The van der Waals surface area contributed by atoms with Crippen molar-refractivity contribution in [3.8, 4) is 11.5 Å². The Hall–Kier alpha value is -2.22. The highest BCUT2D eigenvalue weighted by Crippen LogP contribution is 2.32. The summed E-state index contributed by atoms with van der Waals surface area (Å²) in [5.74, 6) is 1.40. The third kappa shape index (κ3) is 3.16. The van der Waals surface area contributed by atoms with Crippen LogP contribution in [0.15, 0.2) is 29.7 Å². The van der Waals surface area contributed by atoms with Crippen LogP contribution in [0.5, 0.6) is 11.5 Å². The minimum Gasteiger partial charge on any atom is -0.454 e. The number of thioether (sulfide) groups is 1. The maximum absolute atomic E-state index is 12.1. The Morgan fingerprint density at radius 1 is 1.45 bits per heavy atom. The zero-order valence-corrected chi connectivity index (χ0v) is 13.1. The molecule has 116 valence electrons. The van der Waals surface area contributed by atoms with Gasteiger partial charge in [0.15, 0.2) is 16.7 Å². The minimum atomic E-state index is -0.253. The number of hydrogen-bond donors (Lipinski definition) is 1. The van der Waals surface area contributed by atoms with Gasteiger partial charge in [-0.05, 0) is 24.6 Å². The highest BCUT2D eigenvalue weighted by atomic mass is 32.2. The number of fused-ring (bicyclic) bond motifs is 1. The smallest absolute Gasteiger partial charge is 0.233 e. The number of hydrogen-bond acceptors (Lipinski definition) is 6. The molecule has 1 aliphatic heterocycles. The van der Waals surface area contributed by atoms with Crippen LogP contribution in [0, 0.1) is 0 Å². The predicted octanol–water partition coefficient (Wildman–Crippen LogP) is 1.34. The Morgan fingerprint density at radius 3 is 3.05 bits per heavy atom. The molecule has 0 saturated heterocycles. The van der Waals surface area contributed by atoms with Crippen molar-refractivity contribution in [3.05, 3.63) is 30.1 Å². The van der Waals surface area contributed by atoms with Gasteiger partial charge >= 0.3 is 0 Å². The second kappa shape index (κ2) is 6.27. The van der Waals surface area contributed by atoms with Crippen molar-refractivity contribution in [2.75, 3.05) is 6.79 Å². The Balaban J connectivity index is 1.54. The molecule has 8 heteroatoms. The molecule has 7 nitrogen and oxygen atoms in total. The molecule has 1 N–H and O–H groups in total. The molecule has 1 aliphatic rings. The van der Waals surface area contributed by atoms with Gasteiger partial charge in [-0.15, -0.1) is 10.2 Å². The van der Waals surface area contributed by atoms with Crippen LogP contribution in [0.2, 0.25) is 0 Å². The van der Waals surface area contributed by atoms with Crippen LogP contribution in [0.3, 0.4) is 0 Å². The maximum Gasteiger partial charge on any atom is 0.233 e. The minimum absolute atomic E-state index is 0.0503. The summed E-state index contributed by atoms with van der Waals surface area (Å²) in [6.07, 6.45) is 1.61. The third-order valence-electron chi connectivity index (χ3n) is 3.22. The summed E-state index contributed by atoms with van der Waals surface area (Å²) < 4.78 is 12.4. The summed E-state index contributed by atoms with van der Waals surface area (Å²) in [4.78, 5) is 12.1. The Labute approximate surface area is 132 Å². The molecule has 0 radical (unpaired) electrons. The number of aromatic nitrogens is 3. The van der Waals surface area contributed by atoms with Crippen molar-refractivity contribution in [1.29, 1.82) is 0 Å². The average molecular weight is 320 g/mol. The molecule has 1 aromatic carbocycles. The van der Waals surface area contributed by atoms with Gasteiger partial charge in [-0.1, -0.05) is 17.8 Å². The fourth-order valence-electron chi connectivity index (χ4n) is 1.97. The van der Waals surface area contributed by atoms with E-state index in [1.54, 1.807) is 10.9 Å². The van der Waals surface area contributed by atoms with Gasteiger partial charge in [-0.2, -0.15) is 0 Å². The molecule has 3 rings (SSSR count). The predicted molar refractivity (Wildman–Crippen MR) is 80.7 cm³/mol. The topological polar surface area (TPSA) is 78.3 Å². The van der Waals surface area contributed by atoms with Gasteiger partial charge in [0.2, 0.25) is 12.7 Å². The Bertz CT molecular complexity index is 688. The number of carbonyl (C=O) groups is 1. The summed E-state index contributed by atoms with van der Waals surface area (Å²) in [6.45, 7) is 2.53. The lowest BCUT2D eigenvalue weighted by molar-refractivity contribution is -0.120. The molecular formula is C14H16N4O3S. The van der Waals surface area contributed by atoms with Crippen molar-refractivity contribution in [3.63, 3.8) is 0 Å². The van der Waals surface area contributed by atoms with Gasteiger partial charge < -0.3 is 19.4 Å². The quantitative estimate of drug-likeness (QED) is 0.838. The summed E-state index contributed by atoms with van der Waals surface area (Å²) in [7, 11) is 1.85. The Kier molecular flexibility index (Phi) is 4.19. The zero-order chi connectivity index (χ0) is 15.5. The monoisotopic (exact) mass is 320 g/mol. The number of aryl methyl sites for hydroxylation is 1. The van der Waals surface area contributed by atoms with Crippen LogP contribution >= 0.6 is 11.8 Å². The van der Waals surface area contributed by atoms with Crippen molar-refractivity contribution in [1.82, 2.24) is 20.1 Å². The molecule has 1 amide bonds. The molecule has 22 heavy (non-hydrogen) atoms. The van der Waals surface area contributed by atoms with Crippen LogP contribution in [0.4, 0.5) is 0 Å². The first-order valence-corrected chi connectivity index (χ1v) is 7.68. The van der Waals surface area contributed by atoms with E-state index in [9.17, 15) is 4.79 Å². The standard InChI is InChI=1S/C14H16N4O3S/c1-9(22-14-17-16-7-18(14)2)13(19)15-6-10-3-4-11-12(5-10)21-8-20-11/h3-5,7,9H,6,8H2,1-2H3,(H,15,19)/t9-/m0/s1. The van der Waals surface area contributed by atoms with Crippen molar-refractivity contribution in [2.24, 2.45) is 7.05 Å². The lowest BCUT2D eigenvalue weighted by Crippen LogP contribution is -2.30. The number of rotatable bonds is 5. The van der Waals surface area contributed by atoms with Crippen molar-refractivity contribution in [2.45, 2.75) is 23.9 Å². The molecule has 0 saturated carbocycles. The maximum atomic E-state index is 12.1. The van der Waals surface area contributed by atoms with E-state index in [1.165, 1.54) is 11.8 Å². The normalized spacial score (nSPS) is 13.9. The van der Waals surface area contributed by atoms with Gasteiger partial charge in [0.25, 0.3) is 0 Å². The summed E-state index contributed by atoms with van der Waals surface area (Å²) in [5.41, 5.74) is 0.966. The second-order valence-corrected chi connectivity index (χ2v) is 6.20. The number of amides is 1. The SMILES string of the molecule is C[C@H](Sc1nncn1C)C(=O)NCc1ccc2c(c1)OCO2. The van der Waals surface area contributed by atoms with Crippen LogP contribution in [-0.2, 0) is 18.4 Å². The number of nitrogens with one attached hydrogen (secondary N) is 1. The van der Waals surface area contributed by atoms with E-state index in [4.69, 9.17) is 9.47 Å². The number of benzene rings is 1. The van der Waals surface area contributed by atoms with E-state index >= 15 is 0 Å². The van der Waals surface area contributed by atoms with E-state index in [2.05, 4.69) is 15.5 Å². The summed E-state index contributed by atoms with van der Waals surface area (Å²) in [6, 6.07) is 5.64. The molecule has 1 atom stereocenters. The van der Waals surface area contributed by atoms with E-state index in [0.717, 1.165) is 11.3 Å². The van der Waals surface area contributed by atoms with Crippen LogP contribution in [-0.4, -0.2) is 32.7 Å². The van der Waals surface area contributed by atoms with Crippen LogP contribution in [0.1, 0.15) is 12.5 Å². The molecule has 0 fully saturated rings.